The van der Waals surface area contributed by atoms with Gasteiger partial charge in [0.05, 0.1) is 26.2 Å². The summed E-state index contributed by atoms with van der Waals surface area (Å²) in [6.45, 7) is 8.59. The number of likely N-dealkylation sites (tertiary alicyclic amines) is 1. The third kappa shape index (κ3) is 6.08. The van der Waals surface area contributed by atoms with Crippen LogP contribution in [0.25, 0.3) is 0 Å². The molecule has 2 fully saturated rings. The smallest absolute Gasteiger partial charge is 0.410 e. The van der Waals surface area contributed by atoms with Crippen molar-refractivity contribution in [3.8, 4) is 0 Å². The highest BCUT2D eigenvalue weighted by molar-refractivity contribution is 6.34. The van der Waals surface area contributed by atoms with Gasteiger partial charge in [-0.1, -0.05) is 23.2 Å². The lowest BCUT2D eigenvalue weighted by atomic mass is 9.60. The highest BCUT2D eigenvalue weighted by atomic mass is 35.5. The summed E-state index contributed by atoms with van der Waals surface area (Å²) in [6, 6.07) is 4.14. The van der Waals surface area contributed by atoms with E-state index in [9.17, 15) is 14.4 Å². The van der Waals surface area contributed by atoms with Gasteiger partial charge in [0.25, 0.3) is 0 Å². The fourth-order valence-electron chi connectivity index (χ4n) is 4.77. The number of nitrogens with zero attached hydrogens (tertiary/aromatic N) is 2. The minimum atomic E-state index is -0.660. The second-order valence-corrected chi connectivity index (χ2v) is 10.9. The maximum Gasteiger partial charge on any atom is 0.410 e. The van der Waals surface area contributed by atoms with Crippen LogP contribution in [-0.2, 0) is 19.0 Å². The Labute approximate surface area is 210 Å². The van der Waals surface area contributed by atoms with Crippen molar-refractivity contribution >= 4 is 41.4 Å². The molecule has 188 valence electrons. The van der Waals surface area contributed by atoms with Gasteiger partial charge in [0.2, 0.25) is 0 Å². The largest absolute Gasteiger partial charge is 0.466 e. The average molecular weight is 515 g/mol. The van der Waals surface area contributed by atoms with Gasteiger partial charge in [-0.05, 0) is 64.3 Å². The van der Waals surface area contributed by atoms with Crippen molar-refractivity contribution in [1.29, 1.82) is 0 Å². The monoisotopic (exact) mass is 514 g/mol. The molecule has 0 N–H and O–H groups in total. The first-order chi connectivity index (χ1) is 15.9. The van der Waals surface area contributed by atoms with E-state index >= 15 is 0 Å². The lowest BCUT2D eigenvalue weighted by Gasteiger charge is -2.61. The Kier molecular flexibility index (Phi) is 7.92. The summed E-state index contributed by atoms with van der Waals surface area (Å²) >= 11 is 12.4. The Hall–Kier alpha value is -2.19. The minimum Gasteiger partial charge on any atom is -0.466 e. The Morgan fingerprint density at radius 1 is 1.15 bits per heavy atom. The van der Waals surface area contributed by atoms with Gasteiger partial charge in [0, 0.05) is 34.6 Å². The van der Waals surface area contributed by atoms with Crippen LogP contribution in [0.4, 0.5) is 9.59 Å². The Bertz CT molecular complexity index is 914. The van der Waals surface area contributed by atoms with Crippen LogP contribution in [0.3, 0.4) is 0 Å². The molecule has 1 spiro atoms. The van der Waals surface area contributed by atoms with Crippen LogP contribution in [0.1, 0.15) is 58.6 Å². The molecular weight excluding hydrogens is 483 g/mol. The highest BCUT2D eigenvalue weighted by Crippen LogP contribution is 2.52. The van der Waals surface area contributed by atoms with E-state index in [1.807, 2.05) is 20.8 Å². The maximum absolute atomic E-state index is 12.9. The summed E-state index contributed by atoms with van der Waals surface area (Å²) in [5.41, 5.74) is -0.00263. The quantitative estimate of drug-likeness (QED) is 0.370. The summed E-state index contributed by atoms with van der Waals surface area (Å²) in [4.78, 5) is 40.9. The van der Waals surface area contributed by atoms with E-state index < -0.39 is 23.7 Å². The molecule has 1 saturated heterocycles. The molecule has 8 nitrogen and oxygen atoms in total. The molecule has 1 aromatic carbocycles. The summed E-state index contributed by atoms with van der Waals surface area (Å²) in [5, 5.41) is 0.802. The fourth-order valence-corrected chi connectivity index (χ4v) is 5.32. The third-order valence-electron chi connectivity index (χ3n) is 6.09. The van der Waals surface area contributed by atoms with E-state index in [1.54, 1.807) is 34.9 Å². The number of hydrogen-bond acceptors (Lipinski definition) is 6. The van der Waals surface area contributed by atoms with Crippen LogP contribution >= 0.6 is 23.2 Å². The van der Waals surface area contributed by atoms with Crippen LogP contribution in [0.5, 0.6) is 0 Å². The number of ether oxygens (including phenoxy) is 3. The molecule has 3 rings (SSSR count). The topological polar surface area (TPSA) is 85.4 Å². The van der Waals surface area contributed by atoms with Crippen molar-refractivity contribution < 1.29 is 28.6 Å². The molecule has 1 saturated carbocycles. The predicted octanol–water partition coefficient (Wildman–Crippen LogP) is 5.46. The molecule has 1 aromatic rings. The lowest BCUT2D eigenvalue weighted by molar-refractivity contribution is -0.146. The van der Waals surface area contributed by atoms with E-state index in [0.717, 1.165) is 0 Å². The van der Waals surface area contributed by atoms with Crippen LogP contribution < -0.4 is 0 Å². The number of carbonyl (C=O) groups excluding carboxylic acids is 3. The van der Waals surface area contributed by atoms with Crippen LogP contribution in [0.15, 0.2) is 18.2 Å². The van der Waals surface area contributed by atoms with Gasteiger partial charge >= 0.3 is 18.2 Å². The SMILES string of the molecule is CCOC(=O)C[C@@H](c1cc(Cl)cc(Cl)c1)N(C(=O)OC)C1CC2(C1)CN(C(=O)OC(C)(C)C)C2. The first-order valence-electron chi connectivity index (χ1n) is 11.3. The summed E-state index contributed by atoms with van der Waals surface area (Å²) in [5.74, 6) is -0.439. The van der Waals surface area contributed by atoms with Gasteiger partial charge in [0.1, 0.15) is 5.60 Å². The van der Waals surface area contributed by atoms with Gasteiger partial charge < -0.3 is 19.1 Å². The number of rotatable bonds is 6. The first kappa shape index (κ1) is 26.4. The van der Waals surface area contributed by atoms with Gasteiger partial charge in [0.15, 0.2) is 0 Å². The Balaban J connectivity index is 1.77. The van der Waals surface area contributed by atoms with E-state index in [1.165, 1.54) is 7.11 Å². The minimum absolute atomic E-state index is 0.0624. The van der Waals surface area contributed by atoms with Gasteiger partial charge in [-0.15, -0.1) is 0 Å². The fraction of sp³-hybridized carbons (Fsp3) is 0.625. The van der Waals surface area contributed by atoms with Crippen LogP contribution in [0.2, 0.25) is 10.0 Å². The molecule has 0 unspecified atom stereocenters. The van der Waals surface area contributed by atoms with Gasteiger partial charge in [-0.2, -0.15) is 0 Å². The molecular formula is C24H32Cl2N2O6. The van der Waals surface area contributed by atoms with E-state index in [4.69, 9.17) is 37.4 Å². The van der Waals surface area contributed by atoms with Crippen molar-refractivity contribution in [3.05, 3.63) is 33.8 Å². The lowest BCUT2D eigenvalue weighted by Crippen LogP contribution is -2.68. The van der Waals surface area contributed by atoms with Crippen molar-refractivity contribution in [1.82, 2.24) is 9.80 Å². The van der Waals surface area contributed by atoms with Crippen molar-refractivity contribution in [2.75, 3.05) is 26.8 Å². The summed E-state index contributed by atoms with van der Waals surface area (Å²) < 4.78 is 15.7. The van der Waals surface area contributed by atoms with Crippen molar-refractivity contribution in [2.24, 2.45) is 5.41 Å². The zero-order chi connectivity index (χ0) is 25.3. The second kappa shape index (κ2) is 10.2. The van der Waals surface area contributed by atoms with E-state index in [-0.39, 0.29) is 30.6 Å². The number of esters is 1. The molecule has 2 aliphatic rings. The molecule has 1 heterocycles. The molecule has 0 aromatic heterocycles. The average Bonchev–Trinajstić information content (AvgIpc) is 2.64. The predicted molar refractivity (Wildman–Crippen MR) is 128 cm³/mol. The van der Waals surface area contributed by atoms with Gasteiger partial charge in [-0.3, -0.25) is 9.69 Å². The Morgan fingerprint density at radius 2 is 1.74 bits per heavy atom. The van der Waals surface area contributed by atoms with Crippen LogP contribution in [-0.4, -0.2) is 66.4 Å². The van der Waals surface area contributed by atoms with Crippen molar-refractivity contribution in [3.63, 3.8) is 0 Å². The summed E-state index contributed by atoms with van der Waals surface area (Å²) in [7, 11) is 1.31. The van der Waals surface area contributed by atoms with E-state index in [2.05, 4.69) is 0 Å². The molecule has 34 heavy (non-hydrogen) atoms. The molecule has 2 amide bonds. The summed E-state index contributed by atoms with van der Waals surface area (Å²) in [6.07, 6.45) is 0.408. The third-order valence-corrected chi connectivity index (χ3v) is 6.53. The standard InChI is InChI=1S/C24H32Cl2N2O6/c1-6-33-20(29)10-19(15-7-16(25)9-17(26)8-15)28(22(31)32-5)18-11-24(12-18)13-27(14-24)21(30)34-23(2,3)4/h7-9,18-19H,6,10-14H2,1-5H3/t19-/m0/s1. The molecule has 1 aliphatic heterocycles. The van der Waals surface area contributed by atoms with Crippen molar-refractivity contribution in [2.45, 2.75) is 64.6 Å². The van der Waals surface area contributed by atoms with E-state index in [0.29, 0.717) is 41.5 Å². The Morgan fingerprint density at radius 3 is 2.24 bits per heavy atom. The van der Waals surface area contributed by atoms with Gasteiger partial charge in [-0.25, -0.2) is 9.59 Å². The van der Waals surface area contributed by atoms with Crippen LogP contribution in [0, 0.1) is 5.41 Å². The zero-order valence-electron chi connectivity index (χ0n) is 20.2. The second-order valence-electron chi connectivity index (χ2n) is 10.0. The molecule has 10 heteroatoms. The normalized spacial score (nSPS) is 17.9. The number of halogens is 2. The molecule has 1 aliphatic carbocycles. The molecule has 0 radical (unpaired) electrons. The number of carbonyl (C=O) groups is 3. The first-order valence-corrected chi connectivity index (χ1v) is 12.1. The number of amides is 2. The number of methoxy groups -OCH3 is 1. The molecule has 1 atom stereocenters. The number of benzene rings is 1. The zero-order valence-corrected chi connectivity index (χ0v) is 21.7. The molecule has 0 bridgehead atoms. The maximum atomic E-state index is 12.9. The number of hydrogen-bond donors (Lipinski definition) is 0. The highest BCUT2D eigenvalue weighted by Gasteiger charge is 2.57.